The average Bonchev–Trinajstić information content (AvgIpc) is 2.61. The number of benzene rings is 2. The SMILES string of the molecule is CCCCS(=O)(=O)Nc1ccc(Nc2ccc(C(C)=O)cc2[N+](=O)[O-])cc1. The molecule has 8 nitrogen and oxygen atoms in total. The molecule has 0 bridgehead atoms. The molecule has 2 aromatic rings. The highest BCUT2D eigenvalue weighted by molar-refractivity contribution is 7.92. The summed E-state index contributed by atoms with van der Waals surface area (Å²) in [5, 5.41) is 14.2. The first-order valence-corrected chi connectivity index (χ1v) is 10.0. The van der Waals surface area contributed by atoms with Gasteiger partial charge in [0.25, 0.3) is 5.69 Å². The largest absolute Gasteiger partial charge is 0.350 e. The van der Waals surface area contributed by atoms with E-state index in [1.54, 1.807) is 24.3 Å². The molecule has 2 rings (SSSR count). The normalized spacial score (nSPS) is 11.0. The zero-order valence-electron chi connectivity index (χ0n) is 15.1. The van der Waals surface area contributed by atoms with E-state index >= 15 is 0 Å². The van der Waals surface area contributed by atoms with Crippen molar-refractivity contribution in [1.82, 2.24) is 0 Å². The molecule has 27 heavy (non-hydrogen) atoms. The van der Waals surface area contributed by atoms with Gasteiger partial charge in [-0.05, 0) is 49.7 Å². The second kappa shape index (κ2) is 8.63. The molecule has 0 spiro atoms. The van der Waals surface area contributed by atoms with Crippen molar-refractivity contribution in [3.63, 3.8) is 0 Å². The number of nitro groups is 1. The van der Waals surface area contributed by atoms with Gasteiger partial charge in [0.15, 0.2) is 5.78 Å². The molecule has 0 heterocycles. The van der Waals surface area contributed by atoms with Crippen LogP contribution in [0.25, 0.3) is 0 Å². The number of Topliss-reactive ketones (excluding diaryl/α,β-unsaturated/α-hetero) is 1. The number of unbranched alkanes of at least 4 members (excludes halogenated alkanes) is 1. The molecule has 0 radical (unpaired) electrons. The van der Waals surface area contributed by atoms with Crippen LogP contribution in [-0.4, -0.2) is 24.9 Å². The van der Waals surface area contributed by atoms with Crippen LogP contribution in [0.2, 0.25) is 0 Å². The van der Waals surface area contributed by atoms with Gasteiger partial charge in [-0.2, -0.15) is 0 Å². The van der Waals surface area contributed by atoms with Crippen molar-refractivity contribution in [2.24, 2.45) is 0 Å². The molecular weight excluding hydrogens is 370 g/mol. The molecule has 0 saturated heterocycles. The van der Waals surface area contributed by atoms with Crippen molar-refractivity contribution in [3.8, 4) is 0 Å². The van der Waals surface area contributed by atoms with Crippen LogP contribution in [0.15, 0.2) is 42.5 Å². The van der Waals surface area contributed by atoms with E-state index in [0.29, 0.717) is 17.8 Å². The number of nitro benzene ring substituents is 1. The standard InChI is InChI=1S/C18H21N3O5S/c1-3-4-11-27(25,26)20-16-8-6-15(7-9-16)19-17-10-5-14(13(2)22)12-18(17)21(23)24/h5-10,12,19-20H,3-4,11H2,1-2H3. The number of carbonyl (C=O) groups excluding carboxylic acids is 1. The fourth-order valence-corrected chi connectivity index (χ4v) is 3.62. The predicted molar refractivity (Wildman–Crippen MR) is 105 cm³/mol. The van der Waals surface area contributed by atoms with Gasteiger partial charge in [-0.15, -0.1) is 0 Å². The molecule has 0 atom stereocenters. The lowest BCUT2D eigenvalue weighted by Gasteiger charge is -2.10. The number of nitrogens with one attached hydrogen (secondary N) is 2. The number of carbonyl (C=O) groups is 1. The Morgan fingerprint density at radius 3 is 2.30 bits per heavy atom. The van der Waals surface area contributed by atoms with E-state index in [1.165, 1.54) is 25.1 Å². The van der Waals surface area contributed by atoms with Gasteiger partial charge in [-0.1, -0.05) is 13.3 Å². The molecular formula is C18H21N3O5S. The summed E-state index contributed by atoms with van der Waals surface area (Å²) in [7, 11) is -3.39. The summed E-state index contributed by atoms with van der Waals surface area (Å²) in [6, 6.07) is 10.6. The van der Waals surface area contributed by atoms with Gasteiger partial charge >= 0.3 is 0 Å². The third-order valence-electron chi connectivity index (χ3n) is 3.80. The first-order chi connectivity index (χ1) is 12.7. The minimum atomic E-state index is -3.39. The molecule has 2 aromatic carbocycles. The number of anilines is 3. The van der Waals surface area contributed by atoms with E-state index in [0.717, 1.165) is 6.42 Å². The minimum Gasteiger partial charge on any atom is -0.350 e. The Morgan fingerprint density at radius 1 is 1.11 bits per heavy atom. The van der Waals surface area contributed by atoms with Crippen molar-refractivity contribution in [2.45, 2.75) is 26.7 Å². The van der Waals surface area contributed by atoms with Crippen LogP contribution in [0.4, 0.5) is 22.7 Å². The molecule has 0 amide bonds. The monoisotopic (exact) mass is 391 g/mol. The van der Waals surface area contributed by atoms with E-state index < -0.39 is 14.9 Å². The van der Waals surface area contributed by atoms with E-state index in [1.807, 2.05) is 6.92 Å². The molecule has 0 aromatic heterocycles. The van der Waals surface area contributed by atoms with E-state index in [9.17, 15) is 23.3 Å². The topological polar surface area (TPSA) is 118 Å². The second-order valence-electron chi connectivity index (χ2n) is 6.02. The summed E-state index contributed by atoms with van der Waals surface area (Å²) >= 11 is 0. The van der Waals surface area contributed by atoms with Crippen LogP contribution in [-0.2, 0) is 10.0 Å². The molecule has 0 aliphatic rings. The third kappa shape index (κ3) is 5.78. The van der Waals surface area contributed by atoms with Crippen LogP contribution >= 0.6 is 0 Å². The quantitative estimate of drug-likeness (QED) is 0.378. The van der Waals surface area contributed by atoms with Crippen molar-refractivity contribution < 1.29 is 18.1 Å². The molecule has 0 aliphatic carbocycles. The highest BCUT2D eigenvalue weighted by Gasteiger charge is 2.16. The fourth-order valence-electron chi connectivity index (χ4n) is 2.35. The van der Waals surface area contributed by atoms with E-state index in [-0.39, 0.29) is 28.5 Å². The van der Waals surface area contributed by atoms with E-state index in [4.69, 9.17) is 0 Å². The first-order valence-electron chi connectivity index (χ1n) is 8.39. The molecule has 144 valence electrons. The van der Waals surface area contributed by atoms with Gasteiger partial charge in [0.1, 0.15) is 5.69 Å². The Kier molecular flexibility index (Phi) is 6.51. The van der Waals surface area contributed by atoms with Gasteiger partial charge in [-0.25, -0.2) is 8.42 Å². The highest BCUT2D eigenvalue weighted by Crippen LogP contribution is 2.29. The summed E-state index contributed by atoms with van der Waals surface area (Å²) in [5.74, 6) is -0.206. The van der Waals surface area contributed by atoms with Gasteiger partial charge < -0.3 is 5.32 Å². The second-order valence-corrected chi connectivity index (χ2v) is 7.86. The van der Waals surface area contributed by atoms with Crippen molar-refractivity contribution in [3.05, 3.63) is 58.1 Å². The lowest BCUT2D eigenvalue weighted by molar-refractivity contribution is -0.383. The van der Waals surface area contributed by atoms with Gasteiger partial charge in [0.05, 0.1) is 10.7 Å². The summed E-state index contributed by atoms with van der Waals surface area (Å²) < 4.78 is 26.3. The van der Waals surface area contributed by atoms with Gasteiger partial charge in [0.2, 0.25) is 10.0 Å². The molecule has 0 aliphatic heterocycles. The Morgan fingerprint density at radius 2 is 1.74 bits per heavy atom. The summed E-state index contributed by atoms with van der Waals surface area (Å²) in [6.07, 6.45) is 1.36. The summed E-state index contributed by atoms with van der Waals surface area (Å²) in [5.41, 5.74) is 1.24. The van der Waals surface area contributed by atoms with E-state index in [2.05, 4.69) is 10.0 Å². The van der Waals surface area contributed by atoms with Crippen LogP contribution in [0, 0.1) is 10.1 Å². The highest BCUT2D eigenvalue weighted by atomic mass is 32.2. The van der Waals surface area contributed by atoms with Crippen molar-refractivity contribution in [2.75, 3.05) is 15.8 Å². The van der Waals surface area contributed by atoms with Crippen LogP contribution in [0.5, 0.6) is 0 Å². The lowest BCUT2D eigenvalue weighted by atomic mass is 10.1. The van der Waals surface area contributed by atoms with Crippen LogP contribution in [0.3, 0.4) is 0 Å². The summed E-state index contributed by atoms with van der Waals surface area (Å²) in [4.78, 5) is 22.1. The number of hydrogen-bond acceptors (Lipinski definition) is 6. The van der Waals surface area contributed by atoms with Gasteiger partial charge in [-0.3, -0.25) is 19.6 Å². The number of sulfonamides is 1. The average molecular weight is 391 g/mol. The zero-order chi connectivity index (χ0) is 20.0. The number of nitrogens with zero attached hydrogens (tertiary/aromatic N) is 1. The maximum atomic E-state index is 11.9. The molecule has 9 heteroatoms. The molecule has 0 fully saturated rings. The van der Waals surface area contributed by atoms with Crippen LogP contribution in [0.1, 0.15) is 37.0 Å². The Bertz CT molecular complexity index is 940. The molecule has 2 N–H and O–H groups in total. The van der Waals surface area contributed by atoms with Gasteiger partial charge in [0, 0.05) is 23.0 Å². The van der Waals surface area contributed by atoms with Crippen molar-refractivity contribution in [1.29, 1.82) is 0 Å². The summed E-state index contributed by atoms with van der Waals surface area (Å²) in [6.45, 7) is 3.25. The maximum Gasteiger partial charge on any atom is 0.293 e. The molecule has 0 saturated carbocycles. The number of hydrogen-bond donors (Lipinski definition) is 2. The lowest BCUT2D eigenvalue weighted by Crippen LogP contribution is -2.16. The molecule has 0 unspecified atom stereocenters. The number of ketones is 1. The van der Waals surface area contributed by atoms with Crippen molar-refractivity contribution >= 4 is 38.6 Å². The Labute approximate surface area is 157 Å². The maximum absolute atomic E-state index is 11.9. The first kappa shape index (κ1) is 20.4. The minimum absolute atomic E-state index is 0.0538. The zero-order valence-corrected chi connectivity index (χ0v) is 15.9. The Balaban J connectivity index is 2.17. The number of rotatable bonds is 9. The Hall–Kier alpha value is -2.94. The smallest absolute Gasteiger partial charge is 0.293 e. The third-order valence-corrected chi connectivity index (χ3v) is 5.18. The fraction of sp³-hybridized carbons (Fsp3) is 0.278. The predicted octanol–water partition coefficient (Wildman–Crippen LogP) is 4.08. The van der Waals surface area contributed by atoms with Crippen LogP contribution < -0.4 is 10.0 Å².